The van der Waals surface area contributed by atoms with E-state index in [4.69, 9.17) is 0 Å². The van der Waals surface area contributed by atoms with Crippen LogP contribution in [0.4, 0.5) is 5.69 Å². The normalized spacial score (nSPS) is 10.2. The van der Waals surface area contributed by atoms with Gasteiger partial charge in [0.05, 0.1) is 12.2 Å². The first kappa shape index (κ1) is 11.5. The topological polar surface area (TPSA) is 45.2 Å². The molecule has 2 aromatic rings. The SMILES string of the molecule is Cc1cc(NCc2ccccn2)c(C)cc1O. The molecule has 0 radical (unpaired) electrons. The summed E-state index contributed by atoms with van der Waals surface area (Å²) in [6, 6.07) is 9.58. The third-order valence-corrected chi connectivity index (χ3v) is 2.73. The zero-order chi connectivity index (χ0) is 12.3. The molecule has 0 fully saturated rings. The second kappa shape index (κ2) is 4.87. The summed E-state index contributed by atoms with van der Waals surface area (Å²) >= 11 is 0. The van der Waals surface area contributed by atoms with Crippen LogP contribution >= 0.6 is 0 Å². The molecule has 2 N–H and O–H groups in total. The van der Waals surface area contributed by atoms with E-state index in [1.165, 1.54) is 0 Å². The zero-order valence-corrected chi connectivity index (χ0v) is 10.1. The van der Waals surface area contributed by atoms with Crippen LogP contribution in [-0.4, -0.2) is 10.1 Å². The Morgan fingerprint density at radius 1 is 1.18 bits per heavy atom. The van der Waals surface area contributed by atoms with Crippen molar-refractivity contribution in [1.29, 1.82) is 0 Å². The molecular weight excluding hydrogens is 212 g/mol. The molecule has 0 bridgehead atoms. The molecule has 17 heavy (non-hydrogen) atoms. The first-order valence-corrected chi connectivity index (χ1v) is 5.61. The maximum Gasteiger partial charge on any atom is 0.118 e. The Morgan fingerprint density at radius 2 is 2.00 bits per heavy atom. The van der Waals surface area contributed by atoms with E-state index in [9.17, 15) is 5.11 Å². The van der Waals surface area contributed by atoms with Gasteiger partial charge in [-0.25, -0.2) is 0 Å². The predicted octanol–water partition coefficient (Wildman–Crippen LogP) is 3.02. The first-order chi connectivity index (χ1) is 8.16. The van der Waals surface area contributed by atoms with E-state index in [0.717, 1.165) is 22.5 Å². The highest BCUT2D eigenvalue weighted by molar-refractivity contribution is 5.56. The maximum absolute atomic E-state index is 9.57. The molecule has 1 heterocycles. The minimum atomic E-state index is 0.339. The van der Waals surface area contributed by atoms with E-state index >= 15 is 0 Å². The quantitative estimate of drug-likeness (QED) is 0.794. The lowest BCUT2D eigenvalue weighted by Gasteiger charge is -2.11. The number of phenolic OH excluding ortho intramolecular Hbond substituents is 1. The Kier molecular flexibility index (Phi) is 3.28. The Morgan fingerprint density at radius 3 is 2.71 bits per heavy atom. The number of nitrogens with zero attached hydrogens (tertiary/aromatic N) is 1. The molecule has 88 valence electrons. The molecule has 1 aromatic heterocycles. The van der Waals surface area contributed by atoms with Crippen LogP contribution in [0, 0.1) is 13.8 Å². The molecule has 0 spiro atoms. The summed E-state index contributed by atoms with van der Waals surface area (Å²) in [5.74, 6) is 0.339. The van der Waals surface area contributed by atoms with Crippen molar-refractivity contribution in [3.05, 3.63) is 53.3 Å². The van der Waals surface area contributed by atoms with Gasteiger partial charge < -0.3 is 10.4 Å². The molecular formula is C14H16N2O. The summed E-state index contributed by atoms with van der Waals surface area (Å²) in [5.41, 5.74) is 3.94. The van der Waals surface area contributed by atoms with E-state index in [-0.39, 0.29) is 0 Å². The van der Waals surface area contributed by atoms with E-state index in [1.807, 2.05) is 38.1 Å². The van der Waals surface area contributed by atoms with E-state index in [0.29, 0.717) is 12.3 Å². The number of nitrogens with one attached hydrogen (secondary N) is 1. The van der Waals surface area contributed by atoms with Crippen LogP contribution in [0.25, 0.3) is 0 Å². The average Bonchev–Trinajstić information content (AvgIpc) is 2.33. The minimum absolute atomic E-state index is 0.339. The van der Waals surface area contributed by atoms with Crippen LogP contribution in [-0.2, 0) is 6.54 Å². The van der Waals surface area contributed by atoms with Gasteiger partial charge in [0.2, 0.25) is 0 Å². The summed E-state index contributed by atoms with van der Waals surface area (Å²) in [7, 11) is 0. The van der Waals surface area contributed by atoms with Gasteiger partial charge in [0.25, 0.3) is 0 Å². The number of phenols is 1. The van der Waals surface area contributed by atoms with Gasteiger partial charge in [-0.1, -0.05) is 6.07 Å². The number of aromatic nitrogens is 1. The van der Waals surface area contributed by atoms with Crippen LogP contribution in [0.3, 0.4) is 0 Å². The van der Waals surface area contributed by atoms with Crippen LogP contribution in [0.5, 0.6) is 5.75 Å². The average molecular weight is 228 g/mol. The van der Waals surface area contributed by atoms with Gasteiger partial charge >= 0.3 is 0 Å². The minimum Gasteiger partial charge on any atom is -0.508 e. The molecule has 0 saturated carbocycles. The Bertz CT molecular complexity index is 509. The highest BCUT2D eigenvalue weighted by atomic mass is 16.3. The summed E-state index contributed by atoms with van der Waals surface area (Å²) < 4.78 is 0. The number of aryl methyl sites for hydroxylation is 2. The monoisotopic (exact) mass is 228 g/mol. The fraction of sp³-hybridized carbons (Fsp3) is 0.214. The third-order valence-electron chi connectivity index (χ3n) is 2.73. The second-order valence-electron chi connectivity index (χ2n) is 4.13. The number of rotatable bonds is 3. The van der Waals surface area contributed by atoms with Gasteiger partial charge in [-0.2, -0.15) is 0 Å². The summed E-state index contributed by atoms with van der Waals surface area (Å²) in [4.78, 5) is 4.25. The predicted molar refractivity (Wildman–Crippen MR) is 69.1 cm³/mol. The molecule has 0 unspecified atom stereocenters. The van der Waals surface area contributed by atoms with Crippen molar-refractivity contribution in [2.45, 2.75) is 20.4 Å². The molecule has 0 aliphatic rings. The number of hydrogen-bond donors (Lipinski definition) is 2. The van der Waals surface area contributed by atoms with E-state index in [2.05, 4.69) is 10.3 Å². The molecule has 0 atom stereocenters. The summed E-state index contributed by atoms with van der Waals surface area (Å²) in [5, 5.41) is 12.9. The Hall–Kier alpha value is -2.03. The fourth-order valence-electron chi connectivity index (χ4n) is 1.68. The van der Waals surface area contributed by atoms with Crippen molar-refractivity contribution in [3.63, 3.8) is 0 Å². The lowest BCUT2D eigenvalue weighted by Crippen LogP contribution is -2.02. The largest absolute Gasteiger partial charge is 0.508 e. The molecule has 0 amide bonds. The third kappa shape index (κ3) is 2.75. The fourth-order valence-corrected chi connectivity index (χ4v) is 1.68. The highest BCUT2D eigenvalue weighted by Gasteiger charge is 2.03. The van der Waals surface area contributed by atoms with Crippen LogP contribution < -0.4 is 5.32 Å². The van der Waals surface area contributed by atoms with Gasteiger partial charge in [0, 0.05) is 11.9 Å². The van der Waals surface area contributed by atoms with Gasteiger partial charge in [-0.15, -0.1) is 0 Å². The van der Waals surface area contributed by atoms with Gasteiger partial charge in [-0.05, 0) is 49.2 Å². The van der Waals surface area contributed by atoms with Crippen LogP contribution in [0.2, 0.25) is 0 Å². The van der Waals surface area contributed by atoms with Crippen molar-refractivity contribution in [1.82, 2.24) is 4.98 Å². The molecule has 0 aliphatic carbocycles. The lowest BCUT2D eigenvalue weighted by molar-refractivity contribution is 0.471. The molecule has 0 saturated heterocycles. The van der Waals surface area contributed by atoms with Gasteiger partial charge in [-0.3, -0.25) is 4.98 Å². The first-order valence-electron chi connectivity index (χ1n) is 5.61. The Balaban J connectivity index is 2.12. The number of pyridine rings is 1. The molecule has 0 aliphatic heterocycles. The molecule has 2 rings (SSSR count). The number of aromatic hydroxyl groups is 1. The highest BCUT2D eigenvalue weighted by Crippen LogP contribution is 2.25. The van der Waals surface area contributed by atoms with Crippen molar-refractivity contribution < 1.29 is 5.11 Å². The van der Waals surface area contributed by atoms with Crippen molar-refractivity contribution in [2.75, 3.05) is 5.32 Å². The van der Waals surface area contributed by atoms with Crippen molar-refractivity contribution in [3.8, 4) is 5.75 Å². The summed E-state index contributed by atoms with van der Waals surface area (Å²) in [6.45, 7) is 4.55. The Labute approximate surface area is 101 Å². The van der Waals surface area contributed by atoms with Crippen LogP contribution in [0.15, 0.2) is 36.5 Å². The zero-order valence-electron chi connectivity index (χ0n) is 10.1. The number of hydrogen-bond acceptors (Lipinski definition) is 3. The van der Waals surface area contributed by atoms with E-state index < -0.39 is 0 Å². The maximum atomic E-state index is 9.57. The molecule has 3 nitrogen and oxygen atoms in total. The molecule has 1 aromatic carbocycles. The smallest absolute Gasteiger partial charge is 0.118 e. The number of benzene rings is 1. The van der Waals surface area contributed by atoms with Crippen LogP contribution in [0.1, 0.15) is 16.8 Å². The molecule has 3 heteroatoms. The lowest BCUT2D eigenvalue weighted by atomic mass is 10.1. The number of anilines is 1. The van der Waals surface area contributed by atoms with Crippen molar-refractivity contribution in [2.24, 2.45) is 0 Å². The van der Waals surface area contributed by atoms with Crippen molar-refractivity contribution >= 4 is 5.69 Å². The van der Waals surface area contributed by atoms with E-state index in [1.54, 1.807) is 12.3 Å². The summed E-state index contributed by atoms with van der Waals surface area (Å²) in [6.07, 6.45) is 1.78. The second-order valence-corrected chi connectivity index (χ2v) is 4.13. The van der Waals surface area contributed by atoms with Gasteiger partial charge in [0.1, 0.15) is 5.75 Å². The standard InChI is InChI=1S/C14H16N2O/c1-10-8-14(17)11(2)7-13(10)16-9-12-5-3-4-6-15-12/h3-8,16-17H,9H2,1-2H3. The van der Waals surface area contributed by atoms with Gasteiger partial charge in [0.15, 0.2) is 0 Å².